The standard InChI is InChI=1S/C14H14N2O3/c1-15-10-11-5-2-3-8-14(11)19-13-7-4-6-12(9-13)16(17)18/h2-9,15H,10H2,1H3. The molecule has 19 heavy (non-hydrogen) atoms. The molecule has 5 heteroatoms. The highest BCUT2D eigenvalue weighted by atomic mass is 16.6. The molecule has 0 radical (unpaired) electrons. The molecule has 0 saturated carbocycles. The minimum Gasteiger partial charge on any atom is -0.457 e. The van der Waals surface area contributed by atoms with E-state index in [4.69, 9.17) is 4.74 Å². The Morgan fingerprint density at radius 3 is 2.74 bits per heavy atom. The van der Waals surface area contributed by atoms with Crippen molar-refractivity contribution in [3.05, 3.63) is 64.2 Å². The van der Waals surface area contributed by atoms with Gasteiger partial charge < -0.3 is 10.1 Å². The second-order valence-corrected chi connectivity index (χ2v) is 3.99. The van der Waals surface area contributed by atoms with Crippen LogP contribution in [0.15, 0.2) is 48.5 Å². The van der Waals surface area contributed by atoms with Crippen LogP contribution in [0.5, 0.6) is 11.5 Å². The molecule has 2 aromatic carbocycles. The van der Waals surface area contributed by atoms with Crippen molar-refractivity contribution < 1.29 is 9.66 Å². The number of non-ortho nitro benzene ring substituents is 1. The molecule has 2 aromatic rings. The van der Waals surface area contributed by atoms with E-state index in [-0.39, 0.29) is 5.69 Å². The van der Waals surface area contributed by atoms with Gasteiger partial charge in [-0.05, 0) is 19.2 Å². The predicted octanol–water partition coefficient (Wildman–Crippen LogP) is 3.11. The van der Waals surface area contributed by atoms with Crippen LogP contribution in [0.3, 0.4) is 0 Å². The van der Waals surface area contributed by atoms with Crippen LogP contribution >= 0.6 is 0 Å². The Hall–Kier alpha value is -2.40. The Labute approximate surface area is 111 Å². The number of rotatable bonds is 5. The Morgan fingerprint density at radius 1 is 1.21 bits per heavy atom. The average molecular weight is 258 g/mol. The lowest BCUT2D eigenvalue weighted by molar-refractivity contribution is -0.384. The van der Waals surface area contributed by atoms with E-state index in [1.54, 1.807) is 12.1 Å². The zero-order valence-corrected chi connectivity index (χ0v) is 10.5. The highest BCUT2D eigenvalue weighted by molar-refractivity contribution is 5.42. The Morgan fingerprint density at radius 2 is 2.00 bits per heavy atom. The van der Waals surface area contributed by atoms with Gasteiger partial charge in [-0.2, -0.15) is 0 Å². The van der Waals surface area contributed by atoms with Crippen LogP contribution in [0.25, 0.3) is 0 Å². The number of nitro benzene ring substituents is 1. The summed E-state index contributed by atoms with van der Waals surface area (Å²) in [6.45, 7) is 0.672. The zero-order valence-electron chi connectivity index (χ0n) is 10.5. The summed E-state index contributed by atoms with van der Waals surface area (Å²) >= 11 is 0. The van der Waals surface area contributed by atoms with Crippen molar-refractivity contribution in [2.24, 2.45) is 0 Å². The molecule has 98 valence electrons. The minimum atomic E-state index is -0.438. The third-order valence-electron chi connectivity index (χ3n) is 2.60. The first-order valence-corrected chi connectivity index (χ1v) is 5.85. The lowest BCUT2D eigenvalue weighted by Gasteiger charge is -2.10. The number of nitro groups is 1. The summed E-state index contributed by atoms with van der Waals surface area (Å²) in [7, 11) is 1.85. The average Bonchev–Trinajstić information content (AvgIpc) is 2.41. The Bertz CT molecular complexity index is 584. The van der Waals surface area contributed by atoms with Crippen molar-refractivity contribution in [1.82, 2.24) is 5.32 Å². The maximum absolute atomic E-state index is 10.7. The van der Waals surface area contributed by atoms with Gasteiger partial charge in [-0.1, -0.05) is 24.3 Å². The van der Waals surface area contributed by atoms with Gasteiger partial charge in [0.15, 0.2) is 0 Å². The van der Waals surface area contributed by atoms with Crippen molar-refractivity contribution >= 4 is 5.69 Å². The first-order valence-electron chi connectivity index (χ1n) is 5.85. The third-order valence-corrected chi connectivity index (χ3v) is 2.60. The summed E-state index contributed by atoms with van der Waals surface area (Å²) < 4.78 is 5.71. The fourth-order valence-electron chi connectivity index (χ4n) is 1.73. The van der Waals surface area contributed by atoms with E-state index in [0.717, 1.165) is 5.56 Å². The molecular formula is C14H14N2O3. The van der Waals surface area contributed by atoms with Crippen LogP contribution in [0, 0.1) is 10.1 Å². The molecule has 0 fully saturated rings. The largest absolute Gasteiger partial charge is 0.457 e. The molecule has 0 amide bonds. The second-order valence-electron chi connectivity index (χ2n) is 3.99. The van der Waals surface area contributed by atoms with Gasteiger partial charge in [0.1, 0.15) is 11.5 Å². The lowest BCUT2D eigenvalue weighted by Crippen LogP contribution is -2.06. The fraction of sp³-hybridized carbons (Fsp3) is 0.143. The summed E-state index contributed by atoms with van der Waals surface area (Å²) in [6, 6.07) is 13.7. The SMILES string of the molecule is CNCc1ccccc1Oc1cccc([N+](=O)[O-])c1. The fourth-order valence-corrected chi connectivity index (χ4v) is 1.73. The maximum atomic E-state index is 10.7. The van der Waals surface area contributed by atoms with E-state index in [1.807, 2.05) is 31.3 Å². The molecule has 0 saturated heterocycles. The topological polar surface area (TPSA) is 64.4 Å². The van der Waals surface area contributed by atoms with E-state index in [9.17, 15) is 10.1 Å². The molecule has 0 spiro atoms. The van der Waals surface area contributed by atoms with Crippen molar-refractivity contribution in [3.63, 3.8) is 0 Å². The van der Waals surface area contributed by atoms with Gasteiger partial charge in [0, 0.05) is 18.2 Å². The maximum Gasteiger partial charge on any atom is 0.273 e. The third kappa shape index (κ3) is 3.29. The van der Waals surface area contributed by atoms with Crippen LogP contribution in [-0.2, 0) is 6.54 Å². The molecule has 0 unspecified atom stereocenters. The van der Waals surface area contributed by atoms with E-state index in [2.05, 4.69) is 5.32 Å². The van der Waals surface area contributed by atoms with Crippen LogP contribution in [0.4, 0.5) is 5.69 Å². The molecule has 5 nitrogen and oxygen atoms in total. The summed E-state index contributed by atoms with van der Waals surface area (Å²) in [4.78, 5) is 10.3. The molecule has 0 aliphatic carbocycles. The zero-order chi connectivity index (χ0) is 13.7. The van der Waals surface area contributed by atoms with E-state index >= 15 is 0 Å². The van der Waals surface area contributed by atoms with Gasteiger partial charge in [-0.25, -0.2) is 0 Å². The van der Waals surface area contributed by atoms with Gasteiger partial charge in [0.2, 0.25) is 0 Å². The number of para-hydroxylation sites is 1. The van der Waals surface area contributed by atoms with Crippen molar-refractivity contribution in [1.29, 1.82) is 0 Å². The first-order chi connectivity index (χ1) is 9.20. The first kappa shape index (κ1) is 13.0. The number of ether oxygens (including phenoxy) is 1. The predicted molar refractivity (Wildman–Crippen MR) is 72.4 cm³/mol. The number of benzene rings is 2. The van der Waals surface area contributed by atoms with Crippen LogP contribution in [0.2, 0.25) is 0 Å². The van der Waals surface area contributed by atoms with Crippen molar-refractivity contribution in [2.75, 3.05) is 7.05 Å². The Balaban J connectivity index is 2.26. The van der Waals surface area contributed by atoms with Gasteiger partial charge in [0.25, 0.3) is 5.69 Å². The molecule has 0 bridgehead atoms. The quantitative estimate of drug-likeness (QED) is 0.661. The van der Waals surface area contributed by atoms with Gasteiger partial charge in [-0.15, -0.1) is 0 Å². The smallest absolute Gasteiger partial charge is 0.273 e. The number of nitrogens with zero attached hydrogens (tertiary/aromatic N) is 1. The van der Waals surface area contributed by atoms with E-state index in [0.29, 0.717) is 18.0 Å². The van der Waals surface area contributed by atoms with E-state index in [1.165, 1.54) is 12.1 Å². The summed E-state index contributed by atoms with van der Waals surface area (Å²) in [5, 5.41) is 13.8. The summed E-state index contributed by atoms with van der Waals surface area (Å²) in [5.41, 5.74) is 1.01. The number of hydrogen-bond acceptors (Lipinski definition) is 4. The minimum absolute atomic E-state index is 0.0172. The van der Waals surface area contributed by atoms with Gasteiger partial charge in [-0.3, -0.25) is 10.1 Å². The monoisotopic (exact) mass is 258 g/mol. The highest BCUT2D eigenvalue weighted by Crippen LogP contribution is 2.27. The van der Waals surface area contributed by atoms with Gasteiger partial charge in [0.05, 0.1) is 11.0 Å². The molecule has 1 N–H and O–H groups in total. The molecule has 0 aromatic heterocycles. The van der Waals surface area contributed by atoms with Crippen LogP contribution < -0.4 is 10.1 Å². The second kappa shape index (κ2) is 5.97. The molecular weight excluding hydrogens is 244 g/mol. The lowest BCUT2D eigenvalue weighted by atomic mass is 10.2. The van der Waals surface area contributed by atoms with Gasteiger partial charge >= 0.3 is 0 Å². The molecule has 0 atom stereocenters. The van der Waals surface area contributed by atoms with Crippen molar-refractivity contribution in [3.8, 4) is 11.5 Å². The Kier molecular flexibility index (Phi) is 4.10. The number of hydrogen-bond donors (Lipinski definition) is 1. The molecule has 0 heterocycles. The van der Waals surface area contributed by atoms with Crippen LogP contribution in [-0.4, -0.2) is 12.0 Å². The normalized spacial score (nSPS) is 10.2. The number of nitrogens with one attached hydrogen (secondary N) is 1. The summed E-state index contributed by atoms with van der Waals surface area (Å²) in [5.74, 6) is 1.15. The molecule has 0 aliphatic rings. The van der Waals surface area contributed by atoms with Crippen molar-refractivity contribution in [2.45, 2.75) is 6.54 Å². The highest BCUT2D eigenvalue weighted by Gasteiger charge is 2.08. The molecule has 0 aliphatic heterocycles. The summed E-state index contributed by atoms with van der Waals surface area (Å²) in [6.07, 6.45) is 0. The van der Waals surface area contributed by atoms with Crippen LogP contribution in [0.1, 0.15) is 5.56 Å². The molecule has 2 rings (SSSR count). The van der Waals surface area contributed by atoms with E-state index < -0.39 is 4.92 Å².